The quantitative estimate of drug-likeness (QED) is 0.324. The SMILES string of the molecule is Cc1nc2ccc3cc(-c4ccc5c(c4)c4cnncc4c4nc(C)[nH]c54)ccc3c2[nH]1. The number of imidazole rings is 2. The van der Waals surface area contributed by atoms with Crippen LogP contribution in [0.4, 0.5) is 0 Å². The van der Waals surface area contributed by atoms with E-state index < -0.39 is 0 Å². The molecule has 2 N–H and O–H groups in total. The van der Waals surface area contributed by atoms with E-state index in [4.69, 9.17) is 4.98 Å². The van der Waals surface area contributed by atoms with Crippen molar-refractivity contribution in [2.24, 2.45) is 0 Å². The third-order valence-corrected chi connectivity index (χ3v) is 6.31. The van der Waals surface area contributed by atoms with Crippen LogP contribution in [-0.2, 0) is 0 Å². The van der Waals surface area contributed by atoms with Crippen LogP contribution in [0.3, 0.4) is 0 Å². The van der Waals surface area contributed by atoms with E-state index >= 15 is 0 Å². The molecule has 0 aliphatic rings. The number of nitrogens with zero attached hydrogens (tertiary/aromatic N) is 4. The second kappa shape index (κ2) is 6.11. The number of aryl methyl sites for hydroxylation is 2. The van der Waals surface area contributed by atoms with Gasteiger partial charge in [0, 0.05) is 21.5 Å². The largest absolute Gasteiger partial charge is 0.342 e. The van der Waals surface area contributed by atoms with E-state index in [0.29, 0.717) is 0 Å². The number of hydrogen-bond donors (Lipinski definition) is 2. The van der Waals surface area contributed by atoms with Crippen molar-refractivity contribution < 1.29 is 0 Å². The first-order valence-corrected chi connectivity index (χ1v) is 10.6. The van der Waals surface area contributed by atoms with Crippen LogP contribution in [0.25, 0.3) is 65.5 Å². The van der Waals surface area contributed by atoms with Crippen molar-refractivity contribution >= 4 is 54.4 Å². The lowest BCUT2D eigenvalue weighted by Crippen LogP contribution is -1.87. The van der Waals surface area contributed by atoms with Crippen molar-refractivity contribution in [3.05, 3.63) is 72.6 Å². The van der Waals surface area contributed by atoms with Gasteiger partial charge in [-0.1, -0.05) is 30.3 Å². The Kier molecular flexibility index (Phi) is 3.31. The summed E-state index contributed by atoms with van der Waals surface area (Å²) in [6.07, 6.45) is 3.64. The molecule has 0 saturated carbocycles. The number of fused-ring (bicyclic) bond motifs is 9. The maximum atomic E-state index is 4.70. The molecule has 0 bridgehead atoms. The first kappa shape index (κ1) is 17.4. The highest BCUT2D eigenvalue weighted by atomic mass is 15.1. The molecule has 0 unspecified atom stereocenters. The van der Waals surface area contributed by atoms with Crippen molar-refractivity contribution in [2.45, 2.75) is 13.8 Å². The molecule has 6 nitrogen and oxygen atoms in total. The first-order valence-electron chi connectivity index (χ1n) is 10.6. The van der Waals surface area contributed by atoms with E-state index in [1.54, 1.807) is 6.20 Å². The van der Waals surface area contributed by atoms with Gasteiger partial charge in [0.05, 0.1) is 34.5 Å². The average Bonchev–Trinajstić information content (AvgIpc) is 3.40. The normalized spacial score (nSPS) is 12.1. The molecular formula is C26H18N6. The molecule has 0 radical (unpaired) electrons. The van der Waals surface area contributed by atoms with Gasteiger partial charge in [-0.15, -0.1) is 0 Å². The molecule has 6 heteroatoms. The molecule has 0 aliphatic heterocycles. The lowest BCUT2D eigenvalue weighted by Gasteiger charge is -2.09. The van der Waals surface area contributed by atoms with Crippen molar-refractivity contribution in [1.82, 2.24) is 30.1 Å². The molecule has 7 rings (SSSR count). The van der Waals surface area contributed by atoms with Gasteiger partial charge in [-0.3, -0.25) is 0 Å². The molecule has 3 heterocycles. The van der Waals surface area contributed by atoms with Crippen LogP contribution in [-0.4, -0.2) is 30.1 Å². The van der Waals surface area contributed by atoms with Crippen LogP contribution in [0, 0.1) is 13.8 Å². The number of nitrogens with one attached hydrogen (secondary N) is 2. The summed E-state index contributed by atoms with van der Waals surface area (Å²) < 4.78 is 0. The Morgan fingerprint density at radius 3 is 2.19 bits per heavy atom. The summed E-state index contributed by atoms with van der Waals surface area (Å²) in [4.78, 5) is 16.1. The van der Waals surface area contributed by atoms with E-state index in [1.165, 1.54) is 16.3 Å². The number of hydrogen-bond acceptors (Lipinski definition) is 4. The average molecular weight is 414 g/mol. The Morgan fingerprint density at radius 1 is 0.594 bits per heavy atom. The lowest BCUT2D eigenvalue weighted by atomic mass is 9.95. The van der Waals surface area contributed by atoms with Gasteiger partial charge in [-0.25, -0.2) is 9.97 Å². The zero-order chi connectivity index (χ0) is 21.4. The summed E-state index contributed by atoms with van der Waals surface area (Å²) in [5, 5.41) is 15.0. The minimum absolute atomic E-state index is 0.893. The number of aromatic amines is 2. The second-order valence-electron chi connectivity index (χ2n) is 8.34. The molecule has 4 aromatic carbocycles. The smallest absolute Gasteiger partial charge is 0.104 e. The predicted octanol–water partition coefficient (Wildman–Crippen LogP) is 5.97. The monoisotopic (exact) mass is 414 g/mol. The summed E-state index contributed by atoms with van der Waals surface area (Å²) in [5.41, 5.74) is 6.41. The zero-order valence-corrected chi connectivity index (χ0v) is 17.6. The highest BCUT2D eigenvalue weighted by Crippen LogP contribution is 2.36. The Balaban J connectivity index is 1.50. The molecule has 0 fully saturated rings. The van der Waals surface area contributed by atoms with Gasteiger partial charge in [0.25, 0.3) is 0 Å². The third-order valence-electron chi connectivity index (χ3n) is 6.31. The fourth-order valence-electron chi connectivity index (χ4n) is 4.88. The predicted molar refractivity (Wildman–Crippen MR) is 129 cm³/mol. The second-order valence-corrected chi connectivity index (χ2v) is 8.34. The highest BCUT2D eigenvalue weighted by molar-refractivity contribution is 6.23. The Morgan fingerprint density at radius 2 is 1.31 bits per heavy atom. The Hall–Kier alpha value is -4.32. The summed E-state index contributed by atoms with van der Waals surface area (Å²) in [6.45, 7) is 3.97. The minimum Gasteiger partial charge on any atom is -0.342 e. The molecule has 0 amide bonds. The van der Waals surface area contributed by atoms with Gasteiger partial charge in [0.2, 0.25) is 0 Å². The van der Waals surface area contributed by atoms with Crippen molar-refractivity contribution in [3.8, 4) is 11.1 Å². The molecule has 152 valence electrons. The van der Waals surface area contributed by atoms with Crippen LogP contribution in [0.5, 0.6) is 0 Å². The number of aromatic nitrogens is 6. The summed E-state index contributed by atoms with van der Waals surface area (Å²) in [5.74, 6) is 1.83. The fraction of sp³-hybridized carbons (Fsp3) is 0.0769. The summed E-state index contributed by atoms with van der Waals surface area (Å²) >= 11 is 0. The number of rotatable bonds is 1. The molecule has 0 saturated heterocycles. The highest BCUT2D eigenvalue weighted by Gasteiger charge is 2.14. The van der Waals surface area contributed by atoms with E-state index in [9.17, 15) is 0 Å². The molecular weight excluding hydrogens is 396 g/mol. The van der Waals surface area contributed by atoms with Gasteiger partial charge in [-0.2, -0.15) is 10.2 Å². The number of benzene rings is 4. The lowest BCUT2D eigenvalue weighted by molar-refractivity contribution is 1.05. The van der Waals surface area contributed by atoms with Gasteiger partial charge in [-0.05, 0) is 53.9 Å². The maximum absolute atomic E-state index is 4.70. The Labute approximate surface area is 182 Å². The molecule has 0 atom stereocenters. The molecule has 32 heavy (non-hydrogen) atoms. The van der Waals surface area contributed by atoms with Crippen LogP contribution in [0.1, 0.15) is 11.6 Å². The van der Waals surface area contributed by atoms with E-state index in [0.717, 1.165) is 60.8 Å². The third kappa shape index (κ3) is 2.34. The summed E-state index contributed by atoms with van der Waals surface area (Å²) in [7, 11) is 0. The minimum atomic E-state index is 0.893. The van der Waals surface area contributed by atoms with Gasteiger partial charge < -0.3 is 9.97 Å². The van der Waals surface area contributed by atoms with E-state index in [2.05, 4.69) is 73.7 Å². The van der Waals surface area contributed by atoms with Gasteiger partial charge >= 0.3 is 0 Å². The Bertz CT molecular complexity index is 1860. The standard InChI is InChI=1S/C26H18N6/c1-13-29-23-8-5-17-9-15(3-6-18(17)24(23)30-13)16-4-7-19-20(10-16)21-11-27-28-12-22(21)26-25(19)31-14(2)32-26/h3-12H,1-2H3,(H,29,30)(H,31,32). The van der Waals surface area contributed by atoms with Crippen molar-refractivity contribution in [2.75, 3.05) is 0 Å². The zero-order valence-electron chi connectivity index (χ0n) is 17.6. The summed E-state index contributed by atoms with van der Waals surface area (Å²) in [6, 6.07) is 17.4. The molecule has 7 aromatic rings. The number of H-pyrrole nitrogens is 2. The topological polar surface area (TPSA) is 83.1 Å². The van der Waals surface area contributed by atoms with Crippen LogP contribution < -0.4 is 0 Å². The van der Waals surface area contributed by atoms with Crippen molar-refractivity contribution in [3.63, 3.8) is 0 Å². The van der Waals surface area contributed by atoms with E-state index in [1.807, 2.05) is 20.0 Å². The molecule has 3 aromatic heterocycles. The molecule has 0 aliphatic carbocycles. The van der Waals surface area contributed by atoms with Crippen LogP contribution >= 0.6 is 0 Å². The fourth-order valence-corrected chi connectivity index (χ4v) is 4.88. The van der Waals surface area contributed by atoms with Gasteiger partial charge in [0.15, 0.2) is 0 Å². The van der Waals surface area contributed by atoms with Crippen LogP contribution in [0.15, 0.2) is 60.9 Å². The van der Waals surface area contributed by atoms with Crippen molar-refractivity contribution in [1.29, 1.82) is 0 Å². The van der Waals surface area contributed by atoms with Gasteiger partial charge in [0.1, 0.15) is 11.6 Å². The molecule has 0 spiro atoms. The maximum Gasteiger partial charge on any atom is 0.104 e. The van der Waals surface area contributed by atoms with E-state index in [-0.39, 0.29) is 0 Å². The first-order chi connectivity index (χ1) is 15.7. The van der Waals surface area contributed by atoms with Crippen LogP contribution in [0.2, 0.25) is 0 Å².